The van der Waals surface area contributed by atoms with Crippen LogP contribution in [0.1, 0.15) is 19.8 Å². The van der Waals surface area contributed by atoms with E-state index in [4.69, 9.17) is 0 Å². The van der Waals surface area contributed by atoms with Crippen LogP contribution >= 0.6 is 0 Å². The minimum Gasteiger partial charge on any atom is -0.317 e. The normalized spacial score (nSPS) is 19.2. The molecule has 0 saturated carbocycles. The molecule has 0 amide bonds. The molecular formula is C12H28N4O2S. The van der Waals surface area contributed by atoms with Crippen LogP contribution in [0.3, 0.4) is 0 Å². The summed E-state index contributed by atoms with van der Waals surface area (Å²) in [5.74, 6) is 0.605. The molecule has 7 heteroatoms. The van der Waals surface area contributed by atoms with Gasteiger partial charge < -0.3 is 10.2 Å². The van der Waals surface area contributed by atoms with Crippen molar-refractivity contribution in [3.05, 3.63) is 0 Å². The Morgan fingerprint density at radius 2 is 1.89 bits per heavy atom. The topological polar surface area (TPSA) is 64.7 Å². The largest absolute Gasteiger partial charge is 0.317 e. The number of nitrogens with zero attached hydrogens (tertiary/aromatic N) is 2. The molecule has 0 unspecified atom stereocenters. The van der Waals surface area contributed by atoms with Gasteiger partial charge in [0.15, 0.2) is 0 Å². The average Bonchev–Trinajstić information content (AvgIpc) is 2.36. The van der Waals surface area contributed by atoms with Gasteiger partial charge in [-0.2, -0.15) is 12.7 Å². The quantitative estimate of drug-likeness (QED) is 0.645. The standard InChI is InChI=1S/C12H28N4O2S/c1-4-13-11-12-5-8-16(9-6-12)19(17,18)14-7-10-15(2)3/h12-14H,4-11H2,1-3H3. The van der Waals surface area contributed by atoms with Crippen LogP contribution in [0, 0.1) is 5.92 Å². The third kappa shape index (κ3) is 6.18. The lowest BCUT2D eigenvalue weighted by molar-refractivity contribution is 0.265. The van der Waals surface area contributed by atoms with Gasteiger partial charge in [-0.05, 0) is 45.9 Å². The second kappa shape index (κ2) is 8.16. The first-order chi connectivity index (χ1) is 8.95. The zero-order valence-corrected chi connectivity index (χ0v) is 13.2. The number of hydrogen-bond donors (Lipinski definition) is 2. The van der Waals surface area contributed by atoms with Crippen LogP contribution in [0.15, 0.2) is 0 Å². The molecule has 0 aromatic rings. The fourth-order valence-electron chi connectivity index (χ4n) is 2.19. The zero-order chi connectivity index (χ0) is 14.3. The van der Waals surface area contributed by atoms with Gasteiger partial charge >= 0.3 is 0 Å². The second-order valence-electron chi connectivity index (χ2n) is 5.35. The highest BCUT2D eigenvalue weighted by Crippen LogP contribution is 2.18. The Hall–Kier alpha value is -0.210. The summed E-state index contributed by atoms with van der Waals surface area (Å²) < 4.78 is 28.4. The molecule has 1 aliphatic heterocycles. The van der Waals surface area contributed by atoms with E-state index in [9.17, 15) is 8.42 Å². The fourth-order valence-corrected chi connectivity index (χ4v) is 3.42. The van der Waals surface area contributed by atoms with E-state index < -0.39 is 10.2 Å². The van der Waals surface area contributed by atoms with Crippen LogP contribution < -0.4 is 10.0 Å². The lowest BCUT2D eigenvalue weighted by atomic mass is 9.98. The maximum Gasteiger partial charge on any atom is 0.279 e. The summed E-state index contributed by atoms with van der Waals surface area (Å²) in [4.78, 5) is 1.96. The summed E-state index contributed by atoms with van der Waals surface area (Å²) in [6, 6.07) is 0. The fraction of sp³-hybridized carbons (Fsp3) is 1.00. The summed E-state index contributed by atoms with van der Waals surface area (Å²) in [7, 11) is 0.575. The van der Waals surface area contributed by atoms with Gasteiger partial charge in [0, 0.05) is 26.2 Å². The monoisotopic (exact) mass is 292 g/mol. The van der Waals surface area contributed by atoms with Gasteiger partial charge in [0.05, 0.1) is 0 Å². The molecule has 19 heavy (non-hydrogen) atoms. The van der Waals surface area contributed by atoms with Crippen LogP contribution in [0.25, 0.3) is 0 Å². The maximum absolute atomic E-state index is 12.1. The van der Waals surface area contributed by atoms with Crippen LogP contribution in [-0.2, 0) is 10.2 Å². The van der Waals surface area contributed by atoms with E-state index in [1.807, 2.05) is 19.0 Å². The molecule has 1 fully saturated rings. The van der Waals surface area contributed by atoms with Crippen molar-refractivity contribution in [1.29, 1.82) is 0 Å². The molecule has 0 spiro atoms. The Labute approximate surface area is 117 Å². The van der Waals surface area contributed by atoms with Gasteiger partial charge in [-0.3, -0.25) is 0 Å². The highest BCUT2D eigenvalue weighted by atomic mass is 32.2. The second-order valence-corrected chi connectivity index (χ2v) is 7.11. The Morgan fingerprint density at radius 1 is 1.26 bits per heavy atom. The molecule has 0 aliphatic carbocycles. The van der Waals surface area contributed by atoms with Gasteiger partial charge in [-0.15, -0.1) is 0 Å². The van der Waals surface area contributed by atoms with E-state index in [1.165, 1.54) is 0 Å². The molecule has 6 nitrogen and oxygen atoms in total. The van der Waals surface area contributed by atoms with E-state index in [-0.39, 0.29) is 0 Å². The highest BCUT2D eigenvalue weighted by Gasteiger charge is 2.27. The first-order valence-corrected chi connectivity index (χ1v) is 8.50. The molecule has 1 rings (SSSR count). The first kappa shape index (κ1) is 16.8. The Bertz CT molecular complexity index is 338. The molecule has 114 valence electrons. The third-order valence-electron chi connectivity index (χ3n) is 3.44. The van der Waals surface area contributed by atoms with Crippen LogP contribution in [0.5, 0.6) is 0 Å². The predicted octanol–water partition coefficient (Wildman–Crippen LogP) is -0.296. The minimum absolute atomic E-state index is 0.465. The van der Waals surface area contributed by atoms with Crippen molar-refractivity contribution in [3.63, 3.8) is 0 Å². The van der Waals surface area contributed by atoms with E-state index in [1.54, 1.807) is 4.31 Å². The van der Waals surface area contributed by atoms with Crippen molar-refractivity contribution in [2.75, 3.05) is 53.4 Å². The number of hydrogen-bond acceptors (Lipinski definition) is 4. The number of rotatable bonds is 8. The Kier molecular flexibility index (Phi) is 7.23. The molecule has 2 N–H and O–H groups in total. The van der Waals surface area contributed by atoms with Gasteiger partial charge in [-0.25, -0.2) is 4.72 Å². The summed E-state index contributed by atoms with van der Waals surface area (Å²) in [5.41, 5.74) is 0. The van der Waals surface area contributed by atoms with Crippen molar-refractivity contribution in [2.45, 2.75) is 19.8 Å². The molecule has 1 heterocycles. The van der Waals surface area contributed by atoms with Crippen LogP contribution in [0.2, 0.25) is 0 Å². The molecule has 0 aromatic carbocycles. The van der Waals surface area contributed by atoms with Gasteiger partial charge in [0.25, 0.3) is 10.2 Å². The van der Waals surface area contributed by atoms with E-state index in [0.29, 0.717) is 25.6 Å². The molecule has 1 aliphatic rings. The van der Waals surface area contributed by atoms with Crippen molar-refractivity contribution < 1.29 is 8.42 Å². The SMILES string of the molecule is CCNCC1CCN(S(=O)(=O)NCCN(C)C)CC1. The Balaban J connectivity index is 2.32. The molecule has 1 saturated heterocycles. The van der Waals surface area contributed by atoms with Gasteiger partial charge in [-0.1, -0.05) is 6.92 Å². The highest BCUT2D eigenvalue weighted by molar-refractivity contribution is 7.87. The van der Waals surface area contributed by atoms with Gasteiger partial charge in [0.1, 0.15) is 0 Å². The average molecular weight is 292 g/mol. The minimum atomic E-state index is -3.29. The van der Waals surface area contributed by atoms with Crippen molar-refractivity contribution in [3.8, 4) is 0 Å². The summed E-state index contributed by atoms with van der Waals surface area (Å²) in [5, 5.41) is 3.33. The van der Waals surface area contributed by atoms with Crippen molar-refractivity contribution in [1.82, 2.24) is 19.2 Å². The van der Waals surface area contributed by atoms with E-state index in [2.05, 4.69) is 17.0 Å². The van der Waals surface area contributed by atoms with Crippen LogP contribution in [-0.4, -0.2) is 71.0 Å². The summed E-state index contributed by atoms with van der Waals surface area (Å²) in [6.07, 6.45) is 1.89. The summed E-state index contributed by atoms with van der Waals surface area (Å²) in [6.45, 7) is 6.51. The lowest BCUT2D eigenvalue weighted by Crippen LogP contribution is -2.47. The molecule has 0 aromatic heterocycles. The van der Waals surface area contributed by atoms with Gasteiger partial charge in [0.2, 0.25) is 0 Å². The number of piperidine rings is 1. The number of likely N-dealkylation sites (N-methyl/N-ethyl adjacent to an activating group) is 1. The van der Waals surface area contributed by atoms with E-state index >= 15 is 0 Å². The molecule has 0 radical (unpaired) electrons. The maximum atomic E-state index is 12.1. The van der Waals surface area contributed by atoms with Crippen LogP contribution in [0.4, 0.5) is 0 Å². The summed E-state index contributed by atoms with van der Waals surface area (Å²) >= 11 is 0. The molecule has 0 atom stereocenters. The first-order valence-electron chi connectivity index (χ1n) is 7.06. The zero-order valence-electron chi connectivity index (χ0n) is 12.4. The van der Waals surface area contributed by atoms with Crippen molar-refractivity contribution >= 4 is 10.2 Å². The predicted molar refractivity (Wildman–Crippen MR) is 78.3 cm³/mol. The molecule has 0 bridgehead atoms. The lowest BCUT2D eigenvalue weighted by Gasteiger charge is -2.31. The number of nitrogens with one attached hydrogen (secondary N) is 2. The molecular weight excluding hydrogens is 264 g/mol. The Morgan fingerprint density at radius 3 is 2.42 bits per heavy atom. The van der Waals surface area contributed by atoms with E-state index in [0.717, 1.165) is 32.5 Å². The smallest absolute Gasteiger partial charge is 0.279 e. The third-order valence-corrected chi connectivity index (χ3v) is 5.05. The van der Waals surface area contributed by atoms with Crippen molar-refractivity contribution in [2.24, 2.45) is 5.92 Å².